The van der Waals surface area contributed by atoms with E-state index in [0.717, 1.165) is 12.8 Å². The van der Waals surface area contributed by atoms with Crippen LogP contribution in [0.1, 0.15) is 25.7 Å². The molecule has 2 fully saturated rings. The van der Waals surface area contributed by atoms with Crippen LogP contribution in [0.3, 0.4) is 0 Å². The van der Waals surface area contributed by atoms with Gasteiger partial charge in [-0.1, -0.05) is 23.2 Å². The van der Waals surface area contributed by atoms with Gasteiger partial charge in [0.1, 0.15) is 5.75 Å². The van der Waals surface area contributed by atoms with Crippen molar-refractivity contribution >= 4 is 29.1 Å². The minimum Gasteiger partial charge on any atom is -0.492 e. The Kier molecular flexibility index (Phi) is 5.34. The number of aliphatic hydroxyl groups excluding tert-OH is 1. The summed E-state index contributed by atoms with van der Waals surface area (Å²) in [5.74, 6) is 1.27. The Hall–Kier alpha value is -0.970. The fourth-order valence-corrected chi connectivity index (χ4v) is 4.02. The first kappa shape index (κ1) is 16.9. The van der Waals surface area contributed by atoms with Crippen LogP contribution >= 0.6 is 23.2 Å². The minimum atomic E-state index is -0.213. The summed E-state index contributed by atoms with van der Waals surface area (Å²) in [5, 5.41) is 11.1. The highest BCUT2D eigenvalue weighted by Gasteiger charge is 2.41. The van der Waals surface area contributed by atoms with Crippen LogP contribution in [-0.4, -0.2) is 41.7 Å². The molecular formula is C17H21Cl2NO3. The number of benzene rings is 1. The first-order valence-electron chi connectivity index (χ1n) is 8.08. The van der Waals surface area contributed by atoms with Crippen LogP contribution in [0.25, 0.3) is 0 Å². The Bertz CT molecular complexity index is 567. The number of hydrogen-bond donors (Lipinski definition) is 1. The Morgan fingerprint density at radius 2 is 1.96 bits per heavy atom. The van der Waals surface area contributed by atoms with Gasteiger partial charge >= 0.3 is 0 Å². The minimum absolute atomic E-state index is 0.152. The zero-order valence-electron chi connectivity index (χ0n) is 12.9. The first-order chi connectivity index (χ1) is 11.0. The highest BCUT2D eigenvalue weighted by atomic mass is 35.5. The van der Waals surface area contributed by atoms with E-state index in [0.29, 0.717) is 48.3 Å². The van der Waals surface area contributed by atoms with Gasteiger partial charge in [-0.05, 0) is 37.5 Å². The maximum absolute atomic E-state index is 12.3. The molecule has 1 amide bonds. The van der Waals surface area contributed by atoms with E-state index < -0.39 is 0 Å². The Morgan fingerprint density at radius 1 is 1.26 bits per heavy atom. The van der Waals surface area contributed by atoms with Gasteiger partial charge in [0.2, 0.25) is 5.91 Å². The summed E-state index contributed by atoms with van der Waals surface area (Å²) < 4.78 is 5.60. The number of carbonyl (C=O) groups is 1. The molecule has 1 saturated heterocycles. The number of piperidine rings is 1. The highest BCUT2D eigenvalue weighted by Crippen LogP contribution is 2.37. The van der Waals surface area contributed by atoms with Gasteiger partial charge in [0.25, 0.3) is 0 Å². The molecule has 0 spiro atoms. The average Bonchev–Trinajstić information content (AvgIpc) is 2.74. The summed E-state index contributed by atoms with van der Waals surface area (Å²) >= 11 is 11.9. The number of amides is 1. The number of halogens is 2. The normalized spacial score (nSPS) is 26.4. The Labute approximate surface area is 146 Å². The van der Waals surface area contributed by atoms with Gasteiger partial charge in [0.05, 0.1) is 17.7 Å². The smallest absolute Gasteiger partial charge is 0.222 e. The van der Waals surface area contributed by atoms with Gasteiger partial charge in [-0.2, -0.15) is 0 Å². The average molecular weight is 358 g/mol. The van der Waals surface area contributed by atoms with Crippen molar-refractivity contribution in [2.75, 3.05) is 19.7 Å². The molecule has 1 aliphatic heterocycles. The van der Waals surface area contributed by atoms with Crippen LogP contribution in [0.5, 0.6) is 5.75 Å². The maximum atomic E-state index is 12.3. The predicted octanol–water partition coefficient (Wildman–Crippen LogP) is 3.38. The Morgan fingerprint density at radius 3 is 2.61 bits per heavy atom. The molecule has 4 nitrogen and oxygen atoms in total. The zero-order valence-corrected chi connectivity index (χ0v) is 14.4. The molecule has 1 aromatic carbocycles. The number of aliphatic hydroxyl groups is 1. The second kappa shape index (κ2) is 7.29. The zero-order chi connectivity index (χ0) is 16.4. The van der Waals surface area contributed by atoms with Crippen LogP contribution in [0.15, 0.2) is 18.2 Å². The van der Waals surface area contributed by atoms with Gasteiger partial charge in [0, 0.05) is 36.4 Å². The molecule has 1 N–H and O–H groups in total. The third-order valence-corrected chi connectivity index (χ3v) is 5.35. The van der Waals surface area contributed by atoms with Crippen molar-refractivity contribution in [1.82, 2.24) is 4.90 Å². The summed E-state index contributed by atoms with van der Waals surface area (Å²) in [5.41, 5.74) is 0. The van der Waals surface area contributed by atoms with Gasteiger partial charge in [-0.25, -0.2) is 0 Å². The number of hydrogen-bond acceptors (Lipinski definition) is 3. The number of nitrogens with zero attached hydrogens (tertiary/aromatic N) is 1. The van der Waals surface area contributed by atoms with E-state index in [4.69, 9.17) is 27.9 Å². The molecule has 2 bridgehead atoms. The molecule has 1 saturated carbocycles. The molecule has 1 heterocycles. The van der Waals surface area contributed by atoms with Crippen LogP contribution in [-0.2, 0) is 4.79 Å². The predicted molar refractivity (Wildman–Crippen MR) is 90.0 cm³/mol. The summed E-state index contributed by atoms with van der Waals surface area (Å²) in [7, 11) is 0. The van der Waals surface area contributed by atoms with Crippen molar-refractivity contribution in [2.24, 2.45) is 11.8 Å². The quantitative estimate of drug-likeness (QED) is 0.821. The first-order valence-corrected chi connectivity index (χ1v) is 8.84. The summed E-state index contributed by atoms with van der Waals surface area (Å²) in [4.78, 5) is 14.2. The molecule has 3 rings (SSSR count). The lowest BCUT2D eigenvalue weighted by molar-refractivity contribution is -0.135. The Balaban J connectivity index is 1.41. The van der Waals surface area contributed by atoms with Crippen LogP contribution < -0.4 is 4.74 Å². The van der Waals surface area contributed by atoms with Crippen LogP contribution in [0.4, 0.5) is 0 Å². The number of carbonyl (C=O) groups excluding carboxylic acids is 1. The second-order valence-corrected chi connectivity index (χ2v) is 7.26. The lowest BCUT2D eigenvalue weighted by atomic mass is 9.95. The standard InChI is InChI=1S/C17H21Cl2NO3/c18-13-5-6-15(14(19)8-13)23-7-1-2-16(21)20-9-11-3-4-12(10-20)17(11)22/h5-6,8,11-12,17,22H,1-4,7,9-10H2. The van der Waals surface area contributed by atoms with E-state index in [-0.39, 0.29) is 23.8 Å². The number of fused-ring (bicyclic) bond motifs is 2. The van der Waals surface area contributed by atoms with Crippen molar-refractivity contribution in [1.29, 1.82) is 0 Å². The molecule has 126 valence electrons. The van der Waals surface area contributed by atoms with Crippen LogP contribution in [0, 0.1) is 11.8 Å². The van der Waals surface area contributed by atoms with E-state index in [9.17, 15) is 9.90 Å². The molecule has 23 heavy (non-hydrogen) atoms. The van der Waals surface area contributed by atoms with E-state index >= 15 is 0 Å². The number of likely N-dealkylation sites (tertiary alicyclic amines) is 1. The number of rotatable bonds is 5. The maximum Gasteiger partial charge on any atom is 0.222 e. The molecule has 1 aliphatic carbocycles. The fraction of sp³-hybridized carbons (Fsp3) is 0.588. The van der Waals surface area contributed by atoms with E-state index in [1.54, 1.807) is 18.2 Å². The molecule has 2 aliphatic rings. The SMILES string of the molecule is O=C(CCCOc1ccc(Cl)cc1Cl)N1CC2CCC(C1)C2O. The summed E-state index contributed by atoms with van der Waals surface area (Å²) in [6.45, 7) is 1.83. The van der Waals surface area contributed by atoms with E-state index in [1.807, 2.05) is 4.90 Å². The molecule has 6 heteroatoms. The lowest BCUT2D eigenvalue weighted by Crippen LogP contribution is -2.47. The van der Waals surface area contributed by atoms with Gasteiger partial charge in [0.15, 0.2) is 0 Å². The van der Waals surface area contributed by atoms with Gasteiger partial charge in [-0.3, -0.25) is 4.79 Å². The van der Waals surface area contributed by atoms with Crippen molar-refractivity contribution < 1.29 is 14.6 Å². The molecule has 2 unspecified atom stereocenters. The van der Waals surface area contributed by atoms with Gasteiger partial charge in [-0.15, -0.1) is 0 Å². The highest BCUT2D eigenvalue weighted by molar-refractivity contribution is 6.35. The molecule has 0 radical (unpaired) electrons. The monoisotopic (exact) mass is 357 g/mol. The third-order valence-electron chi connectivity index (χ3n) is 4.82. The van der Waals surface area contributed by atoms with Crippen molar-refractivity contribution in [2.45, 2.75) is 31.8 Å². The van der Waals surface area contributed by atoms with E-state index in [2.05, 4.69) is 0 Å². The van der Waals surface area contributed by atoms with Gasteiger partial charge < -0.3 is 14.7 Å². The van der Waals surface area contributed by atoms with Crippen molar-refractivity contribution in [3.63, 3.8) is 0 Å². The summed E-state index contributed by atoms with van der Waals surface area (Å²) in [6.07, 6.45) is 2.96. The second-order valence-electron chi connectivity index (χ2n) is 6.41. The fourth-order valence-electron chi connectivity index (χ4n) is 3.55. The van der Waals surface area contributed by atoms with Crippen LogP contribution in [0.2, 0.25) is 10.0 Å². The van der Waals surface area contributed by atoms with E-state index in [1.165, 1.54) is 0 Å². The number of ether oxygens (including phenoxy) is 1. The third kappa shape index (κ3) is 3.93. The van der Waals surface area contributed by atoms with Crippen molar-refractivity contribution in [3.8, 4) is 5.75 Å². The largest absolute Gasteiger partial charge is 0.492 e. The molecule has 1 aromatic rings. The topological polar surface area (TPSA) is 49.8 Å². The summed E-state index contributed by atoms with van der Waals surface area (Å²) in [6, 6.07) is 5.09. The van der Waals surface area contributed by atoms with Crippen molar-refractivity contribution in [3.05, 3.63) is 28.2 Å². The molecular weight excluding hydrogens is 337 g/mol. The molecule has 0 aromatic heterocycles. The molecule has 2 atom stereocenters. The lowest BCUT2D eigenvalue weighted by Gasteiger charge is -2.35.